The number of anilines is 2. The minimum atomic E-state index is -3.54. The standard InChI is InChI=1S/C41H57FN4O5Si/c1-28(2)12-10-13-29(3)19-21-46-35-18-17-33(44-39(49)32-16-11-20-43-26-32)24-34(35)41(40(46)50)30(4)38(52(5,6)42)36(51-41)25-37(48)45(22-23-47)27-31-14-8-7-9-15-31/h7-9,12,14-15,17-19,24,30,32,36,38,43,47H,10-11,13,16,20-23,25-27H2,1-6H3,(H,44,49)/b29-19+/t30-,32?,36+,38-,41+/m0/s1. The van der Waals surface area contributed by atoms with E-state index in [9.17, 15) is 19.5 Å². The van der Waals surface area contributed by atoms with Crippen molar-refractivity contribution >= 4 is 37.5 Å². The molecule has 3 aliphatic heterocycles. The molecule has 1 unspecified atom stereocenters. The third-order valence-electron chi connectivity index (χ3n) is 10.9. The molecule has 3 N–H and O–H groups in total. The number of hydrogen-bond donors (Lipinski definition) is 3. The maximum absolute atomic E-state index is 16.6. The van der Waals surface area contributed by atoms with Gasteiger partial charge in [0.25, 0.3) is 5.91 Å². The van der Waals surface area contributed by atoms with Crippen LogP contribution in [0.5, 0.6) is 0 Å². The van der Waals surface area contributed by atoms with Gasteiger partial charge in [-0.1, -0.05) is 60.6 Å². The Morgan fingerprint density at radius 2 is 1.90 bits per heavy atom. The van der Waals surface area contributed by atoms with Gasteiger partial charge in [-0.25, -0.2) is 0 Å². The van der Waals surface area contributed by atoms with Crippen LogP contribution >= 0.6 is 0 Å². The van der Waals surface area contributed by atoms with Gasteiger partial charge < -0.3 is 34.4 Å². The first-order valence-corrected chi connectivity index (χ1v) is 21.8. The van der Waals surface area contributed by atoms with Gasteiger partial charge in [-0.3, -0.25) is 14.4 Å². The third-order valence-corrected chi connectivity index (χ3v) is 13.4. The lowest BCUT2D eigenvalue weighted by atomic mass is 9.82. The predicted molar refractivity (Wildman–Crippen MR) is 207 cm³/mol. The second kappa shape index (κ2) is 17.0. The number of ether oxygens (including phenoxy) is 1. The van der Waals surface area contributed by atoms with E-state index in [0.717, 1.165) is 43.4 Å². The number of amides is 3. The van der Waals surface area contributed by atoms with Crippen LogP contribution in [0.15, 0.2) is 71.8 Å². The van der Waals surface area contributed by atoms with Crippen LogP contribution < -0.4 is 15.5 Å². The number of hydrogen-bond acceptors (Lipinski definition) is 6. The number of nitrogens with zero attached hydrogens (tertiary/aromatic N) is 2. The highest BCUT2D eigenvalue weighted by Crippen LogP contribution is 2.60. The van der Waals surface area contributed by atoms with Crippen LogP contribution in [0, 0.1) is 11.8 Å². The summed E-state index contributed by atoms with van der Waals surface area (Å²) >= 11 is 0. The van der Waals surface area contributed by atoms with Gasteiger partial charge >= 0.3 is 0 Å². The molecule has 2 aromatic carbocycles. The van der Waals surface area contributed by atoms with E-state index in [1.165, 1.54) is 5.57 Å². The van der Waals surface area contributed by atoms with Crippen LogP contribution in [0.4, 0.5) is 15.5 Å². The number of piperidine rings is 1. The third kappa shape index (κ3) is 8.76. The lowest BCUT2D eigenvalue weighted by molar-refractivity contribution is -0.149. The minimum absolute atomic E-state index is 0.0845. The van der Waals surface area contributed by atoms with Gasteiger partial charge in [-0.05, 0) is 89.9 Å². The number of carbonyl (C=O) groups is 3. The van der Waals surface area contributed by atoms with Crippen molar-refractivity contribution in [3.05, 3.63) is 83.0 Å². The van der Waals surface area contributed by atoms with Gasteiger partial charge in [-0.2, -0.15) is 0 Å². The fourth-order valence-electron chi connectivity index (χ4n) is 8.28. The number of aliphatic hydroxyl groups excluding tert-OH is 1. The molecule has 282 valence electrons. The molecule has 0 aromatic heterocycles. The summed E-state index contributed by atoms with van der Waals surface area (Å²) in [7, 11) is -3.54. The highest BCUT2D eigenvalue weighted by atomic mass is 28.4. The summed E-state index contributed by atoms with van der Waals surface area (Å²) in [6.07, 6.45) is 6.76. The molecule has 3 heterocycles. The minimum Gasteiger partial charge on any atom is -0.395 e. The monoisotopic (exact) mass is 732 g/mol. The van der Waals surface area contributed by atoms with E-state index in [0.29, 0.717) is 36.6 Å². The van der Waals surface area contributed by atoms with Crippen molar-refractivity contribution < 1.29 is 28.3 Å². The summed E-state index contributed by atoms with van der Waals surface area (Å²) in [5.41, 5.74) is 2.92. The van der Waals surface area contributed by atoms with Gasteiger partial charge in [0, 0.05) is 48.9 Å². The molecule has 5 rings (SSSR count). The number of fused-ring (bicyclic) bond motifs is 2. The van der Waals surface area contributed by atoms with E-state index in [1.54, 1.807) is 22.9 Å². The number of nitrogens with one attached hydrogen (secondary N) is 2. The lowest BCUT2D eigenvalue weighted by Gasteiger charge is -2.31. The van der Waals surface area contributed by atoms with Crippen molar-refractivity contribution in [3.63, 3.8) is 0 Å². The number of benzene rings is 2. The quantitative estimate of drug-likeness (QED) is 0.111. The largest absolute Gasteiger partial charge is 0.395 e. The van der Waals surface area contributed by atoms with Crippen molar-refractivity contribution in [2.24, 2.45) is 11.8 Å². The van der Waals surface area contributed by atoms with Crippen LogP contribution in [-0.4, -0.2) is 75.0 Å². The van der Waals surface area contributed by atoms with Crippen LogP contribution in [0.1, 0.15) is 70.9 Å². The summed E-state index contributed by atoms with van der Waals surface area (Å²) in [4.78, 5) is 45.5. The summed E-state index contributed by atoms with van der Waals surface area (Å²) < 4.78 is 23.5. The van der Waals surface area contributed by atoms with Crippen molar-refractivity contribution in [2.75, 3.05) is 43.0 Å². The topological polar surface area (TPSA) is 111 Å². The Labute approximate surface area is 309 Å². The van der Waals surface area contributed by atoms with E-state index < -0.39 is 31.6 Å². The Morgan fingerprint density at radius 3 is 2.56 bits per heavy atom. The molecule has 3 amide bonds. The molecule has 52 heavy (non-hydrogen) atoms. The molecule has 3 aliphatic rings. The molecule has 2 saturated heterocycles. The molecule has 2 fully saturated rings. The predicted octanol–water partition coefficient (Wildman–Crippen LogP) is 6.85. The van der Waals surface area contributed by atoms with Crippen LogP contribution in [-0.2, 0) is 31.3 Å². The number of halogens is 1. The lowest BCUT2D eigenvalue weighted by Crippen LogP contribution is -2.45. The number of rotatable bonds is 14. The van der Waals surface area contributed by atoms with Crippen molar-refractivity contribution in [2.45, 2.75) is 96.7 Å². The van der Waals surface area contributed by atoms with E-state index >= 15 is 4.11 Å². The van der Waals surface area contributed by atoms with Crippen molar-refractivity contribution in [3.8, 4) is 0 Å². The molecule has 11 heteroatoms. The van der Waals surface area contributed by atoms with Gasteiger partial charge in [0.15, 0.2) is 5.60 Å². The zero-order valence-electron chi connectivity index (χ0n) is 31.7. The maximum Gasteiger partial charge on any atom is 0.264 e. The number of aliphatic hydroxyl groups is 1. The van der Waals surface area contributed by atoms with Gasteiger partial charge in [0.1, 0.15) is 0 Å². The van der Waals surface area contributed by atoms with Crippen molar-refractivity contribution in [1.82, 2.24) is 10.2 Å². The molecule has 0 aliphatic carbocycles. The summed E-state index contributed by atoms with van der Waals surface area (Å²) in [5, 5.41) is 16.2. The highest BCUT2D eigenvalue weighted by Gasteiger charge is 2.67. The zero-order valence-corrected chi connectivity index (χ0v) is 32.7. The molecule has 0 saturated carbocycles. The van der Waals surface area contributed by atoms with Crippen LogP contribution in [0.3, 0.4) is 0 Å². The average molecular weight is 733 g/mol. The summed E-state index contributed by atoms with van der Waals surface area (Å²) in [6, 6.07) is 15.0. The van der Waals surface area contributed by atoms with Gasteiger partial charge in [0.2, 0.25) is 20.2 Å². The summed E-state index contributed by atoms with van der Waals surface area (Å²) in [5.74, 6) is -1.39. The molecular weight excluding hydrogens is 676 g/mol. The Balaban J connectivity index is 1.50. The first-order valence-electron chi connectivity index (χ1n) is 18.8. The SMILES string of the molecule is CC(C)=CCC/C(C)=C/CN1C(=O)[C@]2(O[C@H](CC(=O)N(CCO)Cc3ccccc3)[C@@H]([Si](C)(C)F)[C@@H]2C)c2cc(NC(=O)C3CCCNC3)ccc21. The molecule has 0 radical (unpaired) electrons. The Hall–Kier alpha value is -3.64. The van der Waals surface area contributed by atoms with Crippen LogP contribution in [0.25, 0.3) is 0 Å². The van der Waals surface area contributed by atoms with Crippen molar-refractivity contribution in [1.29, 1.82) is 0 Å². The molecule has 2 aromatic rings. The smallest absolute Gasteiger partial charge is 0.264 e. The van der Waals surface area contributed by atoms with E-state index in [2.05, 4.69) is 43.6 Å². The fraction of sp³-hybridized carbons (Fsp3) is 0.537. The normalized spacial score (nSPS) is 24.6. The van der Waals surface area contributed by atoms with E-state index in [1.807, 2.05) is 55.5 Å². The zero-order chi connectivity index (χ0) is 37.6. The Kier molecular flexibility index (Phi) is 12.9. The first kappa shape index (κ1) is 39.6. The molecule has 5 atom stereocenters. The van der Waals surface area contributed by atoms with Gasteiger partial charge in [0.05, 0.1) is 30.7 Å². The molecule has 0 bridgehead atoms. The molecule has 9 nitrogen and oxygen atoms in total. The Bertz CT molecular complexity index is 1650. The maximum atomic E-state index is 16.6. The van der Waals surface area contributed by atoms with E-state index in [-0.39, 0.29) is 43.2 Å². The summed E-state index contributed by atoms with van der Waals surface area (Å²) in [6.45, 7) is 13.3. The number of allylic oxidation sites excluding steroid dienone is 3. The average Bonchev–Trinajstić information content (AvgIpc) is 3.53. The van der Waals surface area contributed by atoms with Gasteiger partial charge in [-0.15, -0.1) is 0 Å². The molecular formula is C41H57FN4O5Si. The van der Waals surface area contributed by atoms with Crippen LogP contribution in [0.2, 0.25) is 18.6 Å². The molecule has 1 spiro atoms. The second-order valence-electron chi connectivity index (χ2n) is 15.6. The highest BCUT2D eigenvalue weighted by molar-refractivity contribution is 6.72. The number of carbonyl (C=O) groups excluding carboxylic acids is 3. The Morgan fingerprint density at radius 1 is 1.15 bits per heavy atom. The first-order chi connectivity index (χ1) is 24.8. The second-order valence-corrected chi connectivity index (χ2v) is 19.3. The fourth-order valence-corrected chi connectivity index (χ4v) is 10.8. The van der Waals surface area contributed by atoms with E-state index in [4.69, 9.17) is 4.74 Å².